The number of nitrogens with two attached hydrogens (primary N) is 1. The zero-order valence-electron chi connectivity index (χ0n) is 54.5. The Morgan fingerprint density at radius 3 is 1.85 bits per heavy atom. The van der Waals surface area contributed by atoms with Gasteiger partial charge < -0.3 is 86.3 Å². The summed E-state index contributed by atoms with van der Waals surface area (Å²) in [4.78, 5) is 141. The number of carbonyl (C=O) groups is 11. The third kappa shape index (κ3) is 30.6. The second-order valence-corrected chi connectivity index (χ2v) is 24.0. The Bertz CT molecular complexity index is 3200. The van der Waals surface area contributed by atoms with E-state index in [1.54, 1.807) is 47.5 Å². The summed E-state index contributed by atoms with van der Waals surface area (Å²) >= 11 is 0.937. The Morgan fingerprint density at radius 1 is 0.635 bits per heavy atom. The number of carboxylic acids is 2. The van der Waals surface area contributed by atoms with Gasteiger partial charge in [-0.1, -0.05) is 81.4 Å². The monoisotopic (exact) mass is 1370 g/mol. The van der Waals surface area contributed by atoms with Crippen molar-refractivity contribution in [3.05, 3.63) is 120 Å². The molecule has 31 heteroatoms. The number of rotatable bonds is 45. The highest BCUT2D eigenvalue weighted by atomic mass is 32.2. The number of hydrogen-bond acceptors (Lipinski definition) is 17. The highest BCUT2D eigenvalue weighted by Crippen LogP contribution is 2.41. The lowest BCUT2D eigenvalue weighted by atomic mass is 9.83. The lowest BCUT2D eigenvalue weighted by Crippen LogP contribution is -2.56. The third-order valence-electron chi connectivity index (χ3n) is 14.0. The quantitative estimate of drug-likeness (QED) is 0.0284. The summed E-state index contributed by atoms with van der Waals surface area (Å²) in [6, 6.07) is 16.6. The smallest absolute Gasteiger partial charge is 0.408 e. The first-order valence-corrected chi connectivity index (χ1v) is 32.2. The van der Waals surface area contributed by atoms with E-state index in [9.17, 15) is 62.2 Å². The van der Waals surface area contributed by atoms with Gasteiger partial charge in [0.15, 0.2) is 0 Å². The van der Waals surface area contributed by atoms with Crippen molar-refractivity contribution in [2.75, 3.05) is 90.5 Å². The highest BCUT2D eigenvalue weighted by molar-refractivity contribution is 8.00. The minimum atomic E-state index is -1.52. The number of thioether (sulfide) groups is 1. The van der Waals surface area contributed by atoms with Crippen LogP contribution in [0.25, 0.3) is 11.1 Å². The first-order chi connectivity index (χ1) is 45.7. The number of nitrogens with zero attached hydrogens (tertiary/aromatic N) is 2. The van der Waals surface area contributed by atoms with Crippen molar-refractivity contribution in [3.63, 3.8) is 0 Å². The first kappa shape index (κ1) is 79.4. The lowest BCUT2D eigenvalue weighted by molar-refractivity contribution is -0.141. The summed E-state index contributed by atoms with van der Waals surface area (Å²) < 4.78 is 59.1. The van der Waals surface area contributed by atoms with Gasteiger partial charge in [0, 0.05) is 67.8 Å². The molecule has 0 bridgehead atoms. The first-order valence-electron chi connectivity index (χ1n) is 31.0. The predicted octanol–water partition coefficient (Wildman–Crippen LogP) is 2.94. The minimum absolute atomic E-state index is 0.0350. The Kier molecular flexibility index (Phi) is 35.1. The fraction of sp³-hybridized carbons (Fsp3) is 0.492. The van der Waals surface area contributed by atoms with Gasteiger partial charge in [0.2, 0.25) is 47.3 Å². The largest absolute Gasteiger partial charge is 0.481 e. The van der Waals surface area contributed by atoms with E-state index in [1.807, 2.05) is 55.7 Å². The molecule has 28 nitrogen and oxygen atoms in total. The van der Waals surface area contributed by atoms with Crippen LogP contribution < -0.4 is 43.0 Å². The molecular formula is C65H88F2N10O18S. The van der Waals surface area contributed by atoms with Crippen LogP contribution >= 0.6 is 11.8 Å². The van der Waals surface area contributed by atoms with Gasteiger partial charge in [0.1, 0.15) is 42.4 Å². The van der Waals surface area contributed by atoms with E-state index in [0.717, 1.165) is 35.5 Å². The van der Waals surface area contributed by atoms with Gasteiger partial charge in [-0.3, -0.25) is 43.2 Å². The van der Waals surface area contributed by atoms with Gasteiger partial charge in [-0.15, -0.1) is 11.8 Å². The van der Waals surface area contributed by atoms with E-state index < -0.39 is 119 Å². The second-order valence-electron chi connectivity index (χ2n) is 23.0. The highest BCUT2D eigenvalue weighted by Gasteiger charge is 2.38. The van der Waals surface area contributed by atoms with Crippen molar-refractivity contribution >= 4 is 77.1 Å². The van der Waals surface area contributed by atoms with Crippen LogP contribution in [-0.4, -0.2) is 200 Å². The Balaban J connectivity index is 1.36. The van der Waals surface area contributed by atoms with Crippen molar-refractivity contribution in [1.82, 2.24) is 46.7 Å². The van der Waals surface area contributed by atoms with Crippen molar-refractivity contribution < 1.29 is 95.4 Å². The molecule has 3 aromatic carbocycles. The fourth-order valence-corrected chi connectivity index (χ4v) is 10.2. The molecule has 0 unspecified atom stereocenters. The van der Waals surface area contributed by atoms with E-state index in [-0.39, 0.29) is 135 Å². The number of benzene rings is 3. The molecule has 11 N–H and O–H groups in total. The Hall–Kier alpha value is -9.04. The van der Waals surface area contributed by atoms with Crippen LogP contribution in [0.1, 0.15) is 89.6 Å². The van der Waals surface area contributed by atoms with Gasteiger partial charge in [-0.25, -0.2) is 18.4 Å². The summed E-state index contributed by atoms with van der Waals surface area (Å²) in [7, 11) is 0. The standard InChI is InChI=1S/C65H88F2N10O18S/c1-42(72-60(85)43(2)73-64(90)95-39-45-15-10-7-11-16-45)61(86)75-50(35-53(68)78)62(87)70-22-12-24-77(59(65(3,4)5)52-33-46(48-34-47(66)17-18-49(48)67)38-76(52)37-44-13-8-6-9-14-44)57(82)41-96-40-51(63(88)89)74-55(80)21-25-91-27-29-93-31-32-94-30-28-92-26-23-69-56(81)36-71-54(79)19-20-58(83)84/h6-11,13-18,33-34,38,42-43,50-51,59H,12,19-32,35-37,39-41H2,1-5H3,(H2,68,78)(H,69,81)(H,70,87)(H,71,79)(H,72,85)(H,73,90)(H,74,80)(H,75,86)(H,83,84)(H,88,89)/t42-,43-,50-,51-,59-/m0/s1. The number of carboxylic acid groups (broad SMARTS) is 2. The normalized spacial score (nSPS) is 12.7. The van der Waals surface area contributed by atoms with Crippen molar-refractivity contribution in [2.24, 2.45) is 11.1 Å². The maximum absolute atomic E-state index is 15.6. The van der Waals surface area contributed by atoms with Crippen LogP contribution in [0.5, 0.6) is 0 Å². The number of ether oxygens (including phenoxy) is 5. The molecule has 4 rings (SSSR count). The van der Waals surface area contributed by atoms with Crippen molar-refractivity contribution in [2.45, 2.75) is 110 Å². The average Bonchev–Trinajstić information content (AvgIpc) is 1.48. The van der Waals surface area contributed by atoms with Crippen molar-refractivity contribution in [1.29, 1.82) is 0 Å². The van der Waals surface area contributed by atoms with Gasteiger partial charge >= 0.3 is 18.0 Å². The van der Waals surface area contributed by atoms with E-state index in [0.29, 0.717) is 16.8 Å². The molecule has 0 saturated heterocycles. The van der Waals surface area contributed by atoms with Crippen LogP contribution in [0.15, 0.2) is 91.1 Å². The van der Waals surface area contributed by atoms with E-state index in [1.165, 1.54) is 13.8 Å². The number of carbonyl (C=O) groups excluding carboxylic acids is 9. The van der Waals surface area contributed by atoms with Gasteiger partial charge in [0.05, 0.1) is 84.0 Å². The molecule has 1 aromatic heterocycles. The number of hydrogen-bond donors (Lipinski definition) is 10. The topological polar surface area (TPSA) is 393 Å². The molecule has 0 aliphatic rings. The molecule has 0 aliphatic heterocycles. The zero-order valence-corrected chi connectivity index (χ0v) is 55.3. The second kappa shape index (κ2) is 42.4. The van der Waals surface area contributed by atoms with Gasteiger partial charge in [0.25, 0.3) is 0 Å². The van der Waals surface area contributed by atoms with Crippen LogP contribution in [0, 0.1) is 17.0 Å². The van der Waals surface area contributed by atoms with Crippen LogP contribution in [0.2, 0.25) is 0 Å². The maximum atomic E-state index is 15.6. The number of aromatic nitrogens is 1. The van der Waals surface area contributed by atoms with E-state index in [4.69, 9.17) is 34.5 Å². The number of aliphatic carboxylic acids is 2. The number of alkyl carbamates (subject to hydrolysis) is 1. The number of halogens is 2. The summed E-state index contributed by atoms with van der Waals surface area (Å²) in [5.41, 5.74) is 7.02. The lowest BCUT2D eigenvalue weighted by Gasteiger charge is -2.41. The predicted molar refractivity (Wildman–Crippen MR) is 347 cm³/mol. The summed E-state index contributed by atoms with van der Waals surface area (Å²) in [6.07, 6.45) is -0.588. The molecule has 1 heterocycles. The molecule has 5 atom stereocenters. The Morgan fingerprint density at radius 2 is 1.24 bits per heavy atom. The SMILES string of the molecule is C[C@H](NC(=O)OCc1ccccc1)C(=O)N[C@@H](C)C(=O)N[C@@H](CC(N)=O)C(=O)NCCCN(C(=O)CSC[C@H](NC(=O)CCOCCOCCOCCOCCNC(=O)CNC(=O)CCC(=O)O)C(=O)O)[C@@H](c1cc(-c2cc(F)ccc2F)cn1Cc1ccccc1)C(C)(C)C. The van der Waals surface area contributed by atoms with Crippen LogP contribution in [0.3, 0.4) is 0 Å². The Labute approximate surface area is 559 Å². The molecular weight excluding hydrogens is 1280 g/mol. The molecule has 0 saturated carbocycles. The van der Waals surface area contributed by atoms with Crippen molar-refractivity contribution in [3.8, 4) is 11.1 Å². The number of primary amides is 1. The molecule has 4 aromatic rings. The number of nitrogens with one attached hydrogen (secondary N) is 7. The third-order valence-corrected chi connectivity index (χ3v) is 15.0. The van der Waals surface area contributed by atoms with E-state index >= 15 is 4.39 Å². The van der Waals surface area contributed by atoms with Crippen LogP contribution in [-0.2, 0) is 84.8 Å². The average molecular weight is 1370 g/mol. The summed E-state index contributed by atoms with van der Waals surface area (Å²) in [6.45, 7) is 9.48. The molecule has 0 radical (unpaired) electrons. The maximum Gasteiger partial charge on any atom is 0.408 e. The molecule has 0 fully saturated rings. The van der Waals surface area contributed by atoms with Crippen LogP contribution in [0.4, 0.5) is 13.6 Å². The minimum Gasteiger partial charge on any atom is -0.481 e. The molecule has 96 heavy (non-hydrogen) atoms. The van der Waals surface area contributed by atoms with E-state index in [2.05, 4.69) is 37.2 Å². The zero-order chi connectivity index (χ0) is 70.6. The fourth-order valence-electron chi connectivity index (χ4n) is 9.24. The number of amides is 9. The molecule has 9 amide bonds. The molecule has 526 valence electrons. The van der Waals surface area contributed by atoms with Gasteiger partial charge in [-0.2, -0.15) is 0 Å². The molecule has 0 spiro atoms. The summed E-state index contributed by atoms with van der Waals surface area (Å²) in [5.74, 6) is -9.98. The molecule has 0 aliphatic carbocycles. The summed E-state index contributed by atoms with van der Waals surface area (Å²) in [5, 5.41) is 36.1. The van der Waals surface area contributed by atoms with Gasteiger partial charge in [-0.05, 0) is 61.1 Å².